The smallest absolute Gasteiger partial charge is 0.335 e. The van der Waals surface area contributed by atoms with Crippen LogP contribution in [0, 0.1) is 0 Å². The van der Waals surface area contributed by atoms with Crippen molar-refractivity contribution in [1.29, 1.82) is 0 Å². The minimum Gasteiger partial charge on any atom is -0.454 e. The van der Waals surface area contributed by atoms with Gasteiger partial charge < -0.3 is 9.64 Å². The lowest BCUT2D eigenvalue weighted by molar-refractivity contribution is -0.144. The van der Waals surface area contributed by atoms with Crippen LogP contribution in [0.2, 0.25) is 0 Å². The summed E-state index contributed by atoms with van der Waals surface area (Å²) < 4.78 is 5.43. The van der Waals surface area contributed by atoms with Gasteiger partial charge in [0.15, 0.2) is 0 Å². The first-order valence-electron chi connectivity index (χ1n) is 6.20. The van der Waals surface area contributed by atoms with E-state index in [0.717, 1.165) is 11.1 Å². The Morgan fingerprint density at radius 2 is 2.05 bits per heavy atom. The molecular weight excluding hydrogens is 238 g/mol. The van der Waals surface area contributed by atoms with Gasteiger partial charge in [0.05, 0.1) is 0 Å². The van der Waals surface area contributed by atoms with E-state index in [1.165, 1.54) is 0 Å². The summed E-state index contributed by atoms with van der Waals surface area (Å²) in [5.41, 5.74) is 2.37. The van der Waals surface area contributed by atoms with Crippen molar-refractivity contribution in [2.24, 2.45) is 0 Å². The van der Waals surface area contributed by atoms with E-state index in [2.05, 4.69) is 13.2 Å². The van der Waals surface area contributed by atoms with Crippen molar-refractivity contribution >= 4 is 12.0 Å². The first-order valence-corrected chi connectivity index (χ1v) is 6.20. The highest BCUT2D eigenvalue weighted by Gasteiger charge is 2.16. The summed E-state index contributed by atoms with van der Waals surface area (Å²) in [5, 5.41) is 0. The van der Waals surface area contributed by atoms with E-state index in [-0.39, 0.29) is 12.1 Å². The molecule has 19 heavy (non-hydrogen) atoms. The van der Waals surface area contributed by atoms with Gasteiger partial charge in [0.2, 0.25) is 0 Å². The Hall–Kier alpha value is -1.87. The molecule has 0 bridgehead atoms. The van der Waals surface area contributed by atoms with E-state index in [9.17, 15) is 4.79 Å². The molecule has 102 valence electrons. The number of benzene rings is 1. The van der Waals surface area contributed by atoms with E-state index in [4.69, 9.17) is 4.74 Å². The van der Waals surface area contributed by atoms with E-state index >= 15 is 0 Å². The molecule has 0 aromatic heterocycles. The second-order valence-electron chi connectivity index (χ2n) is 4.72. The topological polar surface area (TPSA) is 29.5 Å². The number of esters is 1. The summed E-state index contributed by atoms with van der Waals surface area (Å²) in [5.74, 6) is -0.361. The Bertz CT molecular complexity index is 477. The predicted molar refractivity (Wildman–Crippen MR) is 78.7 cm³/mol. The number of carbonyl (C=O) groups is 1. The average molecular weight is 259 g/mol. The molecular formula is C16H21NO2. The van der Waals surface area contributed by atoms with Crippen LogP contribution in [0.3, 0.4) is 0 Å². The van der Waals surface area contributed by atoms with Crippen molar-refractivity contribution in [3.63, 3.8) is 0 Å². The molecule has 1 aromatic carbocycles. The number of rotatable bonds is 6. The third-order valence-electron chi connectivity index (χ3n) is 2.73. The molecule has 1 rings (SSSR count). The van der Waals surface area contributed by atoms with Crippen molar-refractivity contribution in [1.82, 2.24) is 4.90 Å². The molecule has 0 fully saturated rings. The maximum Gasteiger partial charge on any atom is 0.335 e. The molecule has 0 spiro atoms. The van der Waals surface area contributed by atoms with Crippen LogP contribution in [0.4, 0.5) is 0 Å². The number of likely N-dealkylation sites (N-methyl/N-ethyl adjacent to an activating group) is 1. The van der Waals surface area contributed by atoms with Crippen molar-refractivity contribution < 1.29 is 9.53 Å². The molecule has 1 aromatic rings. The maximum absolute atomic E-state index is 11.9. The fourth-order valence-electron chi connectivity index (χ4n) is 1.82. The summed E-state index contributed by atoms with van der Waals surface area (Å²) in [6.45, 7) is 9.86. The molecule has 0 saturated carbocycles. The molecule has 0 radical (unpaired) electrons. The lowest BCUT2D eigenvalue weighted by Crippen LogP contribution is -2.21. The highest BCUT2D eigenvalue weighted by Crippen LogP contribution is 2.22. The van der Waals surface area contributed by atoms with E-state index in [1.807, 2.05) is 50.2 Å². The molecule has 0 saturated heterocycles. The van der Waals surface area contributed by atoms with Gasteiger partial charge >= 0.3 is 5.97 Å². The highest BCUT2D eigenvalue weighted by molar-refractivity contribution is 5.88. The maximum atomic E-state index is 11.9. The average Bonchev–Trinajstić information content (AvgIpc) is 2.37. The fourth-order valence-corrected chi connectivity index (χ4v) is 1.82. The Morgan fingerprint density at radius 3 is 2.63 bits per heavy atom. The molecule has 1 atom stereocenters. The number of nitrogens with zero attached hydrogens (tertiary/aromatic N) is 1. The predicted octanol–water partition coefficient (Wildman–Crippen LogP) is 3.05. The van der Waals surface area contributed by atoms with Crippen molar-refractivity contribution in [2.45, 2.75) is 13.0 Å². The number of carbonyl (C=O) groups excluding carboxylic acids is 1. The lowest BCUT2D eigenvalue weighted by Gasteiger charge is -2.18. The van der Waals surface area contributed by atoms with Crippen LogP contribution in [0.5, 0.6) is 0 Å². The molecule has 3 nitrogen and oxygen atoms in total. The Morgan fingerprint density at radius 1 is 1.42 bits per heavy atom. The Kier molecular flexibility index (Phi) is 5.52. The number of hydrogen-bond donors (Lipinski definition) is 0. The van der Waals surface area contributed by atoms with Gasteiger partial charge in [0.1, 0.15) is 6.10 Å². The van der Waals surface area contributed by atoms with Gasteiger partial charge in [0, 0.05) is 12.1 Å². The molecule has 0 N–H and O–H groups in total. The summed E-state index contributed by atoms with van der Waals surface area (Å²) in [4.78, 5) is 13.8. The van der Waals surface area contributed by atoms with Crippen LogP contribution >= 0.6 is 0 Å². The third-order valence-corrected chi connectivity index (χ3v) is 2.73. The first kappa shape index (κ1) is 15.2. The monoisotopic (exact) mass is 259 g/mol. The van der Waals surface area contributed by atoms with Crippen LogP contribution in [0.15, 0.2) is 43.0 Å². The van der Waals surface area contributed by atoms with E-state index in [0.29, 0.717) is 12.1 Å². The molecule has 1 unspecified atom stereocenters. The summed E-state index contributed by atoms with van der Waals surface area (Å²) in [6.07, 6.45) is 1.44. The van der Waals surface area contributed by atoms with Gasteiger partial charge in [-0.2, -0.15) is 0 Å². The van der Waals surface area contributed by atoms with Gasteiger partial charge in [-0.1, -0.05) is 43.5 Å². The SMILES string of the molecule is C=Cc1ccccc1C(C)OC(=O)C(=C)CN(C)C. The van der Waals surface area contributed by atoms with Crippen LogP contribution in [0.25, 0.3) is 6.08 Å². The van der Waals surface area contributed by atoms with Gasteiger partial charge in [-0.15, -0.1) is 0 Å². The van der Waals surface area contributed by atoms with Gasteiger partial charge in [-0.3, -0.25) is 0 Å². The van der Waals surface area contributed by atoms with Crippen molar-refractivity contribution in [3.8, 4) is 0 Å². The molecule has 0 amide bonds. The van der Waals surface area contributed by atoms with Crippen LogP contribution in [-0.2, 0) is 9.53 Å². The summed E-state index contributed by atoms with van der Waals surface area (Å²) in [6, 6.07) is 7.73. The zero-order valence-electron chi connectivity index (χ0n) is 11.8. The quantitative estimate of drug-likeness (QED) is 0.581. The summed E-state index contributed by atoms with van der Waals surface area (Å²) >= 11 is 0. The van der Waals surface area contributed by atoms with Crippen molar-refractivity contribution in [3.05, 3.63) is 54.1 Å². The highest BCUT2D eigenvalue weighted by atomic mass is 16.5. The van der Waals surface area contributed by atoms with Gasteiger partial charge in [-0.25, -0.2) is 4.79 Å². The molecule has 0 heterocycles. The first-order chi connectivity index (χ1) is 8.95. The van der Waals surface area contributed by atoms with E-state index < -0.39 is 0 Å². The van der Waals surface area contributed by atoms with Gasteiger partial charge in [0.25, 0.3) is 0 Å². The van der Waals surface area contributed by atoms with Crippen LogP contribution < -0.4 is 0 Å². The third kappa shape index (κ3) is 4.38. The molecule has 0 aliphatic heterocycles. The molecule has 0 aliphatic rings. The zero-order valence-corrected chi connectivity index (χ0v) is 11.8. The minimum atomic E-state index is -0.361. The zero-order chi connectivity index (χ0) is 14.4. The molecule has 3 heteroatoms. The number of ether oxygens (including phenoxy) is 1. The largest absolute Gasteiger partial charge is 0.454 e. The number of hydrogen-bond acceptors (Lipinski definition) is 3. The normalized spacial score (nSPS) is 12.0. The van der Waals surface area contributed by atoms with E-state index in [1.54, 1.807) is 6.08 Å². The summed E-state index contributed by atoms with van der Waals surface area (Å²) in [7, 11) is 3.77. The second kappa shape index (κ2) is 6.90. The second-order valence-corrected chi connectivity index (χ2v) is 4.72. The minimum absolute atomic E-state index is 0.319. The Balaban J connectivity index is 2.74. The lowest BCUT2D eigenvalue weighted by atomic mass is 10.0. The Labute approximate surface area is 115 Å². The van der Waals surface area contributed by atoms with Crippen LogP contribution in [0.1, 0.15) is 24.2 Å². The standard InChI is InChI=1S/C16H21NO2/c1-6-14-9-7-8-10-15(14)13(3)19-16(18)12(2)11-17(4)5/h6-10,13H,1-2,11H2,3-5H3. The fraction of sp³-hybridized carbons (Fsp3) is 0.312. The molecule has 0 aliphatic carbocycles. The van der Waals surface area contributed by atoms with Gasteiger partial charge in [-0.05, 0) is 32.1 Å². The van der Waals surface area contributed by atoms with Crippen molar-refractivity contribution in [2.75, 3.05) is 20.6 Å². The van der Waals surface area contributed by atoms with Crippen LogP contribution in [-0.4, -0.2) is 31.5 Å².